The predicted octanol–water partition coefficient (Wildman–Crippen LogP) is 2.57. The summed E-state index contributed by atoms with van der Waals surface area (Å²) in [5.41, 5.74) is -0.742. The molecule has 3 amide bonds. The SMILES string of the molecule is CC(=O)C1C2C(CN1C(=O)C(NC(=O)NC(C)(C)C)C(C)(C)C)C2(C)C. The molecule has 1 aliphatic heterocycles. The molecule has 0 aromatic carbocycles. The van der Waals surface area contributed by atoms with Gasteiger partial charge in [-0.2, -0.15) is 0 Å². The summed E-state index contributed by atoms with van der Waals surface area (Å²) in [6.45, 7) is 17.9. The first kappa shape index (κ1) is 20.7. The average molecular weight is 366 g/mol. The van der Waals surface area contributed by atoms with Crippen LogP contribution in [0.15, 0.2) is 0 Å². The van der Waals surface area contributed by atoms with E-state index in [0.29, 0.717) is 12.5 Å². The summed E-state index contributed by atoms with van der Waals surface area (Å²) in [5.74, 6) is 0.463. The molecule has 2 fully saturated rings. The van der Waals surface area contributed by atoms with Crippen molar-refractivity contribution in [3.05, 3.63) is 0 Å². The van der Waals surface area contributed by atoms with Crippen LogP contribution in [0.3, 0.4) is 0 Å². The molecule has 1 heterocycles. The van der Waals surface area contributed by atoms with Crippen LogP contribution < -0.4 is 10.6 Å². The Kier molecular flexibility index (Phi) is 4.97. The summed E-state index contributed by atoms with van der Waals surface area (Å²) in [5, 5.41) is 5.69. The molecular formula is C20H35N3O3. The van der Waals surface area contributed by atoms with Gasteiger partial charge in [0.1, 0.15) is 6.04 Å². The van der Waals surface area contributed by atoms with Crippen LogP contribution in [0.4, 0.5) is 4.79 Å². The first-order valence-corrected chi connectivity index (χ1v) is 9.47. The molecule has 4 unspecified atom stereocenters. The summed E-state index contributed by atoms with van der Waals surface area (Å²) >= 11 is 0. The van der Waals surface area contributed by atoms with Gasteiger partial charge in [0.2, 0.25) is 5.91 Å². The lowest BCUT2D eigenvalue weighted by Gasteiger charge is -2.37. The fraction of sp³-hybridized carbons (Fsp3) is 0.850. The molecule has 1 aliphatic carbocycles. The average Bonchev–Trinajstić information content (AvgIpc) is 2.81. The molecule has 4 atom stereocenters. The molecule has 0 spiro atoms. The standard InChI is InChI=1S/C20H35N3O3/c1-11(24)14-13-12(20(13,8)9)10-23(14)16(25)15(18(2,3)4)21-17(26)22-19(5,6)7/h12-15H,10H2,1-9H3,(H2,21,22,26). The summed E-state index contributed by atoms with van der Waals surface area (Å²) in [4.78, 5) is 39.7. The number of amides is 3. The van der Waals surface area contributed by atoms with E-state index in [9.17, 15) is 14.4 Å². The number of rotatable bonds is 3. The second-order valence-corrected chi connectivity index (χ2v) is 10.6. The molecule has 2 N–H and O–H groups in total. The minimum atomic E-state index is -0.688. The zero-order valence-corrected chi connectivity index (χ0v) is 17.7. The van der Waals surface area contributed by atoms with Crippen LogP contribution in [0.25, 0.3) is 0 Å². The monoisotopic (exact) mass is 365 g/mol. The Labute approximate surface area is 157 Å². The van der Waals surface area contributed by atoms with Crippen molar-refractivity contribution in [3.8, 4) is 0 Å². The van der Waals surface area contributed by atoms with E-state index < -0.39 is 17.0 Å². The highest BCUT2D eigenvalue weighted by molar-refractivity contribution is 5.93. The van der Waals surface area contributed by atoms with E-state index in [4.69, 9.17) is 0 Å². The topological polar surface area (TPSA) is 78.5 Å². The van der Waals surface area contributed by atoms with Crippen LogP contribution >= 0.6 is 0 Å². The van der Waals surface area contributed by atoms with Gasteiger partial charge >= 0.3 is 6.03 Å². The van der Waals surface area contributed by atoms with Crippen molar-refractivity contribution in [1.29, 1.82) is 0 Å². The number of urea groups is 1. The zero-order chi connectivity index (χ0) is 20.2. The number of hydrogen-bond donors (Lipinski definition) is 2. The number of ketones is 1. The first-order valence-electron chi connectivity index (χ1n) is 9.47. The number of nitrogens with zero attached hydrogens (tertiary/aromatic N) is 1. The highest BCUT2D eigenvalue weighted by atomic mass is 16.2. The van der Waals surface area contributed by atoms with Gasteiger partial charge in [0, 0.05) is 12.1 Å². The molecule has 148 valence electrons. The molecule has 26 heavy (non-hydrogen) atoms. The highest BCUT2D eigenvalue weighted by Crippen LogP contribution is 2.65. The second kappa shape index (κ2) is 6.24. The maximum atomic E-state index is 13.3. The van der Waals surface area contributed by atoms with Crippen LogP contribution in [0, 0.1) is 22.7 Å². The Morgan fingerprint density at radius 1 is 1.08 bits per heavy atom. The van der Waals surface area contributed by atoms with Crippen LogP contribution in [0.5, 0.6) is 0 Å². The van der Waals surface area contributed by atoms with Gasteiger partial charge in [-0.1, -0.05) is 34.6 Å². The quantitative estimate of drug-likeness (QED) is 0.807. The van der Waals surface area contributed by atoms with E-state index in [1.165, 1.54) is 0 Å². The summed E-state index contributed by atoms with van der Waals surface area (Å²) in [7, 11) is 0. The lowest BCUT2D eigenvalue weighted by molar-refractivity contribution is -0.142. The zero-order valence-electron chi connectivity index (χ0n) is 17.7. The largest absolute Gasteiger partial charge is 0.334 e. The van der Waals surface area contributed by atoms with Crippen LogP contribution in [-0.4, -0.2) is 46.8 Å². The molecule has 6 nitrogen and oxygen atoms in total. The van der Waals surface area contributed by atoms with Gasteiger partial charge in [-0.25, -0.2) is 4.79 Å². The molecule has 2 aliphatic rings. The van der Waals surface area contributed by atoms with Gasteiger partial charge in [0.15, 0.2) is 5.78 Å². The Bertz CT molecular complexity index is 613. The number of piperidine rings is 1. The smallest absolute Gasteiger partial charge is 0.315 e. The summed E-state index contributed by atoms with van der Waals surface area (Å²) < 4.78 is 0. The predicted molar refractivity (Wildman–Crippen MR) is 102 cm³/mol. The first-order chi connectivity index (χ1) is 11.6. The van der Waals surface area contributed by atoms with Crippen molar-refractivity contribution in [2.24, 2.45) is 22.7 Å². The van der Waals surface area contributed by atoms with Crippen molar-refractivity contribution in [2.75, 3.05) is 6.54 Å². The Hall–Kier alpha value is -1.59. The second-order valence-electron chi connectivity index (χ2n) is 10.6. The molecule has 0 bridgehead atoms. The van der Waals surface area contributed by atoms with Crippen LogP contribution in [0.1, 0.15) is 62.3 Å². The molecule has 0 radical (unpaired) electrons. The van der Waals surface area contributed by atoms with Gasteiger partial charge < -0.3 is 15.5 Å². The number of nitrogens with one attached hydrogen (secondary N) is 2. The third-order valence-corrected chi connectivity index (χ3v) is 5.79. The molecular weight excluding hydrogens is 330 g/mol. The molecule has 6 heteroatoms. The van der Waals surface area contributed by atoms with Crippen molar-refractivity contribution < 1.29 is 14.4 Å². The van der Waals surface area contributed by atoms with Gasteiger partial charge in [-0.15, -0.1) is 0 Å². The minimum Gasteiger partial charge on any atom is -0.334 e. The van der Waals surface area contributed by atoms with Crippen molar-refractivity contribution >= 4 is 17.7 Å². The van der Waals surface area contributed by atoms with Gasteiger partial charge in [0.05, 0.1) is 6.04 Å². The van der Waals surface area contributed by atoms with Crippen LogP contribution in [0.2, 0.25) is 0 Å². The minimum absolute atomic E-state index is 0.0308. The lowest BCUT2D eigenvalue weighted by Crippen LogP contribution is -2.60. The normalized spacial score (nSPS) is 28.2. The Morgan fingerprint density at radius 3 is 2.04 bits per heavy atom. The summed E-state index contributed by atoms with van der Waals surface area (Å²) in [6.07, 6.45) is 0. The molecule has 1 saturated heterocycles. The third kappa shape index (κ3) is 3.89. The van der Waals surface area contributed by atoms with E-state index in [1.54, 1.807) is 11.8 Å². The van der Waals surface area contributed by atoms with Gasteiger partial charge in [0.25, 0.3) is 0 Å². The van der Waals surface area contributed by atoms with Gasteiger partial charge in [-0.3, -0.25) is 9.59 Å². The van der Waals surface area contributed by atoms with Gasteiger partial charge in [-0.05, 0) is 50.4 Å². The van der Waals surface area contributed by atoms with Crippen molar-refractivity contribution in [3.63, 3.8) is 0 Å². The molecule has 2 rings (SSSR count). The maximum absolute atomic E-state index is 13.3. The number of carbonyl (C=O) groups is 3. The number of likely N-dealkylation sites (tertiary alicyclic amines) is 1. The Morgan fingerprint density at radius 2 is 1.62 bits per heavy atom. The molecule has 0 aromatic rings. The van der Waals surface area contributed by atoms with Crippen LogP contribution in [-0.2, 0) is 9.59 Å². The van der Waals surface area contributed by atoms with Crippen molar-refractivity contribution in [1.82, 2.24) is 15.5 Å². The highest BCUT2D eigenvalue weighted by Gasteiger charge is 2.69. The fourth-order valence-corrected chi connectivity index (χ4v) is 4.30. The van der Waals surface area contributed by atoms with E-state index >= 15 is 0 Å². The summed E-state index contributed by atoms with van der Waals surface area (Å²) in [6, 6.07) is -1.43. The molecule has 0 aromatic heterocycles. The van der Waals surface area contributed by atoms with E-state index in [0.717, 1.165) is 0 Å². The lowest BCUT2D eigenvalue weighted by atomic mass is 9.85. The molecule has 1 saturated carbocycles. The number of fused-ring (bicyclic) bond motifs is 1. The van der Waals surface area contributed by atoms with Crippen molar-refractivity contribution in [2.45, 2.75) is 79.9 Å². The van der Waals surface area contributed by atoms with E-state index in [-0.39, 0.29) is 35.1 Å². The van der Waals surface area contributed by atoms with E-state index in [2.05, 4.69) is 24.5 Å². The number of Topliss-reactive ketones (excluding diaryl/α,β-unsaturated/α-hetero) is 1. The third-order valence-electron chi connectivity index (χ3n) is 5.79. The number of carbonyl (C=O) groups excluding carboxylic acids is 3. The Balaban J connectivity index is 2.20. The maximum Gasteiger partial charge on any atom is 0.315 e. The number of hydrogen-bond acceptors (Lipinski definition) is 3. The van der Waals surface area contributed by atoms with E-state index in [1.807, 2.05) is 41.5 Å². The fourth-order valence-electron chi connectivity index (χ4n) is 4.30.